The first kappa shape index (κ1) is 20.6. The third kappa shape index (κ3) is 7.23. The van der Waals surface area contributed by atoms with Gasteiger partial charge in [-0.05, 0) is 32.3 Å². The van der Waals surface area contributed by atoms with Crippen LogP contribution >= 0.6 is 0 Å². The second-order valence-corrected chi connectivity index (χ2v) is 6.80. The molecule has 7 heteroatoms. The highest BCUT2D eigenvalue weighted by molar-refractivity contribution is 5.80. The molecule has 2 atom stereocenters. The highest BCUT2D eigenvalue weighted by Crippen LogP contribution is 2.20. The van der Waals surface area contributed by atoms with Crippen LogP contribution in [0.2, 0.25) is 0 Å². The molecule has 0 aromatic heterocycles. The summed E-state index contributed by atoms with van der Waals surface area (Å²) in [4.78, 5) is 6.51. The molecular formula is C19H29F3N4. The molecule has 0 radical (unpaired) electrons. The minimum atomic E-state index is -4.17. The lowest BCUT2D eigenvalue weighted by atomic mass is 9.97. The number of hydrogen-bond acceptors (Lipinski definition) is 2. The zero-order valence-corrected chi connectivity index (χ0v) is 15.5. The number of likely N-dealkylation sites (tertiary alicyclic amines) is 1. The summed E-state index contributed by atoms with van der Waals surface area (Å²) in [6.45, 7) is 6.36. The molecule has 2 unspecified atom stereocenters. The van der Waals surface area contributed by atoms with Crippen LogP contribution in [0.15, 0.2) is 35.3 Å². The van der Waals surface area contributed by atoms with Crippen LogP contribution in [0, 0.1) is 0 Å². The first-order valence-electron chi connectivity index (χ1n) is 9.27. The van der Waals surface area contributed by atoms with E-state index in [0.29, 0.717) is 18.5 Å². The van der Waals surface area contributed by atoms with Crippen LogP contribution in [0.5, 0.6) is 0 Å². The molecule has 1 aliphatic rings. The van der Waals surface area contributed by atoms with Crippen molar-refractivity contribution in [3.8, 4) is 0 Å². The monoisotopic (exact) mass is 370 g/mol. The molecule has 4 nitrogen and oxygen atoms in total. The Bertz CT molecular complexity index is 560. The second-order valence-electron chi connectivity index (χ2n) is 6.80. The normalized spacial score (nSPS) is 22.3. The molecule has 26 heavy (non-hydrogen) atoms. The van der Waals surface area contributed by atoms with Crippen molar-refractivity contribution in [2.75, 3.05) is 19.6 Å². The third-order valence-electron chi connectivity index (χ3n) is 4.59. The number of guanidine groups is 1. The van der Waals surface area contributed by atoms with Gasteiger partial charge in [0.25, 0.3) is 0 Å². The Morgan fingerprint density at radius 1 is 1.27 bits per heavy atom. The zero-order valence-electron chi connectivity index (χ0n) is 15.5. The number of benzene rings is 1. The average Bonchev–Trinajstić information content (AvgIpc) is 2.57. The number of nitrogens with zero attached hydrogens (tertiary/aromatic N) is 2. The lowest BCUT2D eigenvalue weighted by Crippen LogP contribution is -2.51. The fourth-order valence-electron chi connectivity index (χ4n) is 3.21. The quantitative estimate of drug-likeness (QED) is 0.594. The Hall–Kier alpha value is -1.76. The molecule has 1 aromatic carbocycles. The van der Waals surface area contributed by atoms with E-state index < -0.39 is 12.6 Å². The molecule has 0 amide bonds. The molecule has 1 aromatic rings. The van der Waals surface area contributed by atoms with Crippen molar-refractivity contribution in [1.82, 2.24) is 15.5 Å². The molecule has 0 aliphatic carbocycles. The highest BCUT2D eigenvalue weighted by atomic mass is 19.4. The van der Waals surface area contributed by atoms with Crippen molar-refractivity contribution in [3.05, 3.63) is 35.9 Å². The average molecular weight is 370 g/mol. The van der Waals surface area contributed by atoms with E-state index in [1.54, 1.807) is 0 Å². The van der Waals surface area contributed by atoms with Gasteiger partial charge in [-0.1, -0.05) is 30.3 Å². The van der Waals surface area contributed by atoms with Gasteiger partial charge < -0.3 is 10.6 Å². The Morgan fingerprint density at radius 3 is 2.62 bits per heavy atom. The molecule has 0 bridgehead atoms. The molecule has 0 saturated carbocycles. The summed E-state index contributed by atoms with van der Waals surface area (Å²) in [6, 6.07) is 11.0. The largest absolute Gasteiger partial charge is 0.390 e. The van der Waals surface area contributed by atoms with Crippen molar-refractivity contribution in [1.29, 1.82) is 0 Å². The van der Waals surface area contributed by atoms with Gasteiger partial charge in [0.05, 0.1) is 13.0 Å². The predicted octanol–water partition coefficient (Wildman–Crippen LogP) is 3.55. The van der Waals surface area contributed by atoms with Crippen LogP contribution in [0.25, 0.3) is 0 Å². The standard InChI is InChI=1S/C19H29F3N4/c1-3-23-18(24-11-10-19(20,21)22)25-17-9-12-26(15(2)13-17)14-16-7-5-4-6-8-16/h4-8,15,17H,3,9-14H2,1-2H3,(H2,23,24,25). The van der Waals surface area contributed by atoms with Gasteiger partial charge in [0.1, 0.15) is 0 Å². The summed E-state index contributed by atoms with van der Waals surface area (Å²) in [5.41, 5.74) is 1.30. The Labute approximate surface area is 153 Å². The van der Waals surface area contributed by atoms with Crippen molar-refractivity contribution < 1.29 is 13.2 Å². The lowest BCUT2D eigenvalue weighted by molar-refractivity contribution is -0.132. The summed E-state index contributed by atoms with van der Waals surface area (Å²) >= 11 is 0. The van der Waals surface area contributed by atoms with Gasteiger partial charge in [-0.3, -0.25) is 9.89 Å². The summed E-state index contributed by atoms with van der Waals surface area (Å²) < 4.78 is 36.9. The van der Waals surface area contributed by atoms with E-state index in [-0.39, 0.29) is 12.6 Å². The van der Waals surface area contributed by atoms with E-state index in [9.17, 15) is 13.2 Å². The summed E-state index contributed by atoms with van der Waals surface area (Å²) in [7, 11) is 0. The lowest BCUT2D eigenvalue weighted by Gasteiger charge is -2.38. The van der Waals surface area contributed by atoms with Crippen LogP contribution in [-0.4, -0.2) is 48.8 Å². The fourth-order valence-corrected chi connectivity index (χ4v) is 3.21. The molecular weight excluding hydrogens is 341 g/mol. The Morgan fingerprint density at radius 2 is 2.00 bits per heavy atom. The van der Waals surface area contributed by atoms with Gasteiger partial charge >= 0.3 is 6.18 Å². The van der Waals surface area contributed by atoms with E-state index in [0.717, 1.165) is 25.9 Å². The van der Waals surface area contributed by atoms with Gasteiger partial charge in [-0.15, -0.1) is 0 Å². The number of rotatable bonds is 6. The molecule has 1 fully saturated rings. The van der Waals surface area contributed by atoms with Gasteiger partial charge in [-0.2, -0.15) is 13.2 Å². The maximum absolute atomic E-state index is 12.3. The maximum Gasteiger partial charge on any atom is 0.390 e. The number of halogens is 3. The van der Waals surface area contributed by atoms with Crippen LogP contribution in [-0.2, 0) is 6.54 Å². The molecule has 0 spiro atoms. The number of aliphatic imine (C=N–C) groups is 1. The predicted molar refractivity (Wildman–Crippen MR) is 99.1 cm³/mol. The van der Waals surface area contributed by atoms with Gasteiger partial charge in [0.15, 0.2) is 5.96 Å². The molecule has 2 rings (SSSR count). The summed E-state index contributed by atoms with van der Waals surface area (Å²) in [6.07, 6.45) is -3.18. The second kappa shape index (κ2) is 9.80. The number of nitrogens with one attached hydrogen (secondary N) is 2. The zero-order chi connectivity index (χ0) is 19.0. The molecule has 1 saturated heterocycles. The van der Waals surface area contributed by atoms with Crippen LogP contribution in [0.3, 0.4) is 0 Å². The topological polar surface area (TPSA) is 39.7 Å². The van der Waals surface area contributed by atoms with Gasteiger partial charge in [-0.25, -0.2) is 0 Å². The maximum atomic E-state index is 12.3. The Balaban J connectivity index is 1.84. The minimum absolute atomic E-state index is 0.223. The van der Waals surface area contributed by atoms with Crippen LogP contribution in [0.4, 0.5) is 13.2 Å². The van der Waals surface area contributed by atoms with Crippen LogP contribution in [0.1, 0.15) is 38.7 Å². The summed E-state index contributed by atoms with van der Waals surface area (Å²) in [5.74, 6) is 0.477. The van der Waals surface area contributed by atoms with E-state index >= 15 is 0 Å². The van der Waals surface area contributed by atoms with Gasteiger partial charge in [0.2, 0.25) is 0 Å². The van der Waals surface area contributed by atoms with E-state index in [1.807, 2.05) is 13.0 Å². The van der Waals surface area contributed by atoms with E-state index in [1.165, 1.54) is 5.56 Å². The number of piperidine rings is 1. The van der Waals surface area contributed by atoms with Crippen molar-refractivity contribution in [2.45, 2.75) is 57.9 Å². The van der Waals surface area contributed by atoms with Crippen molar-refractivity contribution >= 4 is 5.96 Å². The van der Waals surface area contributed by atoms with Crippen molar-refractivity contribution in [3.63, 3.8) is 0 Å². The van der Waals surface area contributed by atoms with Crippen molar-refractivity contribution in [2.24, 2.45) is 4.99 Å². The third-order valence-corrected chi connectivity index (χ3v) is 4.59. The Kier molecular flexibility index (Phi) is 7.75. The molecule has 1 aliphatic heterocycles. The van der Waals surface area contributed by atoms with E-state index in [4.69, 9.17) is 0 Å². The first-order chi connectivity index (χ1) is 12.4. The van der Waals surface area contributed by atoms with Crippen LogP contribution < -0.4 is 10.6 Å². The molecule has 2 N–H and O–H groups in total. The highest BCUT2D eigenvalue weighted by Gasteiger charge is 2.27. The van der Waals surface area contributed by atoms with E-state index in [2.05, 4.69) is 51.7 Å². The van der Waals surface area contributed by atoms with Gasteiger partial charge in [0, 0.05) is 31.7 Å². The first-order valence-corrected chi connectivity index (χ1v) is 9.27. The minimum Gasteiger partial charge on any atom is -0.357 e. The smallest absolute Gasteiger partial charge is 0.357 e. The molecule has 1 heterocycles. The number of hydrogen-bond donors (Lipinski definition) is 2. The SMILES string of the molecule is CCNC(=NCCC(F)(F)F)NC1CCN(Cc2ccccc2)C(C)C1. The summed E-state index contributed by atoms with van der Waals surface area (Å²) in [5, 5.41) is 6.34. The number of alkyl halides is 3. The molecule has 146 valence electrons. The fraction of sp³-hybridized carbons (Fsp3) is 0.632.